The van der Waals surface area contributed by atoms with Gasteiger partial charge >= 0.3 is 0 Å². The van der Waals surface area contributed by atoms with Crippen LogP contribution in [0.15, 0.2) is 35.8 Å². The summed E-state index contributed by atoms with van der Waals surface area (Å²) in [5, 5.41) is 0. The number of halogens is 1. The van der Waals surface area contributed by atoms with Gasteiger partial charge < -0.3 is 5.73 Å². The average molecular weight is 169 g/mol. The first-order chi connectivity index (χ1) is 5.61. The Bertz CT molecular complexity index is 212. The highest BCUT2D eigenvalue weighted by atomic mass is 19.1. The summed E-state index contributed by atoms with van der Waals surface area (Å²) < 4.78 is 12.7. The Labute approximate surface area is 73.5 Å². The molecule has 0 aromatic heterocycles. The molecule has 0 unspecified atom stereocenters. The van der Waals surface area contributed by atoms with Crippen LogP contribution < -0.4 is 5.73 Å². The van der Waals surface area contributed by atoms with Gasteiger partial charge in [0.1, 0.15) is 5.83 Å². The molecule has 0 saturated carbocycles. The highest BCUT2D eigenvalue weighted by Crippen LogP contribution is 2.14. The number of allylic oxidation sites excluding steroid dienone is 5. The Kier molecular flexibility index (Phi) is 5.09. The smallest absolute Gasteiger partial charge is 0.138 e. The lowest BCUT2D eigenvalue weighted by molar-refractivity contribution is 0.656. The molecule has 0 spiro atoms. The fourth-order valence-electron chi connectivity index (χ4n) is 0.807. The van der Waals surface area contributed by atoms with Crippen molar-refractivity contribution in [3.05, 3.63) is 35.8 Å². The van der Waals surface area contributed by atoms with E-state index in [0.717, 1.165) is 11.8 Å². The van der Waals surface area contributed by atoms with E-state index < -0.39 is 5.83 Å². The summed E-state index contributed by atoms with van der Waals surface area (Å²) in [5.41, 5.74) is 5.95. The summed E-state index contributed by atoms with van der Waals surface area (Å²) in [4.78, 5) is 0. The van der Waals surface area contributed by atoms with E-state index >= 15 is 0 Å². The summed E-state index contributed by atoms with van der Waals surface area (Å²) in [6, 6.07) is 0. The molecule has 0 heterocycles. The van der Waals surface area contributed by atoms with Crippen molar-refractivity contribution in [3.8, 4) is 0 Å². The van der Waals surface area contributed by atoms with Crippen LogP contribution in [0.5, 0.6) is 0 Å². The fourth-order valence-corrected chi connectivity index (χ4v) is 0.807. The van der Waals surface area contributed by atoms with Gasteiger partial charge in [-0.1, -0.05) is 26.0 Å². The van der Waals surface area contributed by atoms with E-state index in [1.54, 1.807) is 0 Å². The van der Waals surface area contributed by atoms with Crippen LogP contribution in [-0.2, 0) is 0 Å². The molecule has 2 heteroatoms. The number of rotatable bonds is 3. The van der Waals surface area contributed by atoms with Crippen molar-refractivity contribution >= 4 is 0 Å². The number of hydrogen-bond acceptors (Lipinski definition) is 1. The molecule has 0 aromatic carbocycles. The summed E-state index contributed by atoms with van der Waals surface area (Å²) in [6.45, 7) is 5.92. The van der Waals surface area contributed by atoms with Crippen molar-refractivity contribution < 1.29 is 4.39 Å². The predicted octanol–water partition coefficient (Wildman–Crippen LogP) is 2.91. The molecule has 0 fully saturated rings. The third-order valence-corrected chi connectivity index (χ3v) is 1.49. The van der Waals surface area contributed by atoms with Crippen molar-refractivity contribution in [2.75, 3.05) is 0 Å². The highest BCUT2D eigenvalue weighted by Gasteiger charge is 1.99. The Hall–Kier alpha value is -1.05. The minimum atomic E-state index is -0.392. The minimum absolute atomic E-state index is 0.312. The monoisotopic (exact) mass is 169 g/mol. The van der Waals surface area contributed by atoms with Crippen molar-refractivity contribution in [1.29, 1.82) is 0 Å². The molecule has 0 aliphatic heterocycles. The average Bonchev–Trinajstić information content (AvgIpc) is 2.03. The van der Waals surface area contributed by atoms with Crippen LogP contribution in [-0.4, -0.2) is 0 Å². The van der Waals surface area contributed by atoms with Crippen LogP contribution in [0.3, 0.4) is 0 Å². The van der Waals surface area contributed by atoms with Gasteiger partial charge in [0.05, 0.1) is 0 Å². The zero-order valence-corrected chi connectivity index (χ0v) is 7.84. The standard InChI is InChI=1S/C10H16FN/c1-4-5-9(8(2)3)6-10(11)7-12/h4-8H,12H2,1-3H3/b5-4-,9-6+,10-7+. The van der Waals surface area contributed by atoms with E-state index in [1.165, 1.54) is 6.08 Å². The van der Waals surface area contributed by atoms with Gasteiger partial charge in [0.25, 0.3) is 0 Å². The van der Waals surface area contributed by atoms with Gasteiger partial charge in [-0.05, 0) is 24.5 Å². The SMILES string of the molecule is C\C=C/C(=C\C(F)=C/N)C(C)C. The first-order valence-electron chi connectivity index (χ1n) is 4.03. The third-order valence-electron chi connectivity index (χ3n) is 1.49. The van der Waals surface area contributed by atoms with Crippen LogP contribution in [0.1, 0.15) is 20.8 Å². The molecule has 12 heavy (non-hydrogen) atoms. The molecule has 0 aliphatic carbocycles. The molecule has 0 aliphatic rings. The van der Waals surface area contributed by atoms with E-state index in [1.807, 2.05) is 32.9 Å². The minimum Gasteiger partial charge on any atom is -0.402 e. The molecule has 0 bridgehead atoms. The van der Waals surface area contributed by atoms with E-state index in [-0.39, 0.29) is 0 Å². The highest BCUT2D eigenvalue weighted by molar-refractivity contribution is 5.27. The summed E-state index contributed by atoms with van der Waals surface area (Å²) in [7, 11) is 0. The molecule has 0 atom stereocenters. The number of hydrogen-bond donors (Lipinski definition) is 1. The predicted molar refractivity (Wildman–Crippen MR) is 51.1 cm³/mol. The van der Waals surface area contributed by atoms with Gasteiger partial charge in [-0.25, -0.2) is 4.39 Å². The van der Waals surface area contributed by atoms with Gasteiger partial charge in [-0.3, -0.25) is 0 Å². The van der Waals surface area contributed by atoms with Crippen LogP contribution >= 0.6 is 0 Å². The maximum absolute atomic E-state index is 12.7. The maximum Gasteiger partial charge on any atom is 0.138 e. The van der Waals surface area contributed by atoms with Gasteiger partial charge in [0.15, 0.2) is 0 Å². The summed E-state index contributed by atoms with van der Waals surface area (Å²) >= 11 is 0. The van der Waals surface area contributed by atoms with E-state index in [2.05, 4.69) is 0 Å². The van der Waals surface area contributed by atoms with Gasteiger partial charge in [0.2, 0.25) is 0 Å². The fraction of sp³-hybridized carbons (Fsp3) is 0.400. The second-order valence-corrected chi connectivity index (χ2v) is 2.85. The van der Waals surface area contributed by atoms with Crippen LogP contribution in [0.4, 0.5) is 4.39 Å². The molecule has 0 amide bonds. The first kappa shape index (κ1) is 11.0. The maximum atomic E-state index is 12.7. The zero-order valence-electron chi connectivity index (χ0n) is 7.84. The van der Waals surface area contributed by atoms with E-state index in [0.29, 0.717) is 5.92 Å². The quantitative estimate of drug-likeness (QED) is 0.646. The Morgan fingerprint density at radius 1 is 1.42 bits per heavy atom. The van der Waals surface area contributed by atoms with Gasteiger partial charge in [0, 0.05) is 6.20 Å². The molecule has 1 nitrogen and oxygen atoms in total. The molecule has 0 aromatic rings. The van der Waals surface area contributed by atoms with Gasteiger partial charge in [-0.2, -0.15) is 0 Å². The number of nitrogens with two attached hydrogens (primary N) is 1. The topological polar surface area (TPSA) is 26.0 Å². The Morgan fingerprint density at radius 3 is 2.33 bits per heavy atom. The third kappa shape index (κ3) is 3.96. The molecular formula is C10H16FN. The van der Waals surface area contributed by atoms with E-state index in [9.17, 15) is 4.39 Å². The van der Waals surface area contributed by atoms with Crippen LogP contribution in [0.25, 0.3) is 0 Å². The van der Waals surface area contributed by atoms with E-state index in [4.69, 9.17) is 5.73 Å². The molecule has 0 saturated heterocycles. The lowest BCUT2D eigenvalue weighted by Crippen LogP contribution is -1.91. The molecule has 2 N–H and O–H groups in total. The largest absolute Gasteiger partial charge is 0.402 e. The molecule has 68 valence electrons. The molecular weight excluding hydrogens is 153 g/mol. The first-order valence-corrected chi connectivity index (χ1v) is 4.03. The lowest BCUT2D eigenvalue weighted by Gasteiger charge is -2.04. The molecule has 0 rings (SSSR count). The van der Waals surface area contributed by atoms with Gasteiger partial charge in [-0.15, -0.1) is 0 Å². The molecule has 0 radical (unpaired) electrons. The van der Waals surface area contributed by atoms with Crippen LogP contribution in [0.2, 0.25) is 0 Å². The van der Waals surface area contributed by atoms with Crippen molar-refractivity contribution in [3.63, 3.8) is 0 Å². The van der Waals surface area contributed by atoms with Crippen molar-refractivity contribution in [1.82, 2.24) is 0 Å². The second kappa shape index (κ2) is 5.58. The summed E-state index contributed by atoms with van der Waals surface area (Å²) in [5.74, 6) is -0.0799. The van der Waals surface area contributed by atoms with Crippen LogP contribution in [0, 0.1) is 5.92 Å². The summed E-state index contributed by atoms with van der Waals surface area (Å²) in [6.07, 6.45) is 6.18. The zero-order chi connectivity index (χ0) is 9.56. The Morgan fingerprint density at radius 2 is 2.00 bits per heavy atom. The Balaban J connectivity index is 4.61. The van der Waals surface area contributed by atoms with Crippen molar-refractivity contribution in [2.24, 2.45) is 11.7 Å². The normalized spacial score (nSPS) is 14.8. The lowest BCUT2D eigenvalue weighted by atomic mass is 10.0. The second-order valence-electron chi connectivity index (χ2n) is 2.85. The van der Waals surface area contributed by atoms with Crippen molar-refractivity contribution in [2.45, 2.75) is 20.8 Å².